The van der Waals surface area contributed by atoms with E-state index in [9.17, 15) is 0 Å². The van der Waals surface area contributed by atoms with E-state index >= 15 is 0 Å². The molecule has 9 aromatic rings. The predicted molar refractivity (Wildman–Crippen MR) is 233 cm³/mol. The zero-order valence-electron chi connectivity index (χ0n) is 31.5. The summed E-state index contributed by atoms with van der Waals surface area (Å²) in [5.74, 6) is 5.62. The second kappa shape index (κ2) is 10.7. The molecule has 0 unspecified atom stereocenters. The smallest absolute Gasteiger partial charge is 0.0547 e. The van der Waals surface area contributed by atoms with E-state index in [2.05, 4.69) is 205 Å². The lowest BCUT2D eigenvalue weighted by Gasteiger charge is -3.12. The molecule has 0 amide bonds. The number of para-hydroxylation sites is 1. The molecule has 1 nitrogen and oxygen atoms in total. The summed E-state index contributed by atoms with van der Waals surface area (Å²) < 4.78 is 2.47. The van der Waals surface area contributed by atoms with E-state index in [-0.39, 0.29) is 0 Å². The molecule has 15 rings (SSSR count). The van der Waals surface area contributed by atoms with E-state index < -0.39 is 0 Å². The van der Waals surface area contributed by atoms with Crippen molar-refractivity contribution >= 4 is 21.8 Å². The molecule has 6 saturated carbocycles. The highest BCUT2D eigenvalue weighted by molar-refractivity contribution is 6.10. The maximum Gasteiger partial charge on any atom is 0.0547 e. The van der Waals surface area contributed by atoms with Gasteiger partial charge in [0.1, 0.15) is 0 Å². The quantitative estimate of drug-likeness (QED) is 0.154. The minimum Gasteiger partial charge on any atom is -0.309 e. The fraction of sp³-hybridized carbons (Fsp3) is 0.143. The molecule has 0 atom stereocenters. The van der Waals surface area contributed by atoms with Crippen LogP contribution in [0.2, 0.25) is 0 Å². The zero-order valence-corrected chi connectivity index (χ0v) is 31.5. The third-order valence-corrected chi connectivity index (χ3v) is 15.9. The summed E-state index contributed by atoms with van der Waals surface area (Å²) in [7, 11) is 0. The Morgan fingerprint density at radius 3 is 1.33 bits per heavy atom. The summed E-state index contributed by atoms with van der Waals surface area (Å²) in [4.78, 5) is 0. The molecular weight excluding hydrogens is 687 g/mol. The van der Waals surface area contributed by atoms with Gasteiger partial charge in [0.25, 0.3) is 0 Å². The van der Waals surface area contributed by atoms with Crippen LogP contribution < -0.4 is 0 Å². The van der Waals surface area contributed by atoms with E-state index in [1.54, 1.807) is 11.1 Å². The van der Waals surface area contributed by atoms with Crippen LogP contribution in [0.15, 0.2) is 200 Å². The number of aromatic nitrogens is 1. The number of hydrogen-bond donors (Lipinski definition) is 0. The van der Waals surface area contributed by atoms with E-state index in [0.717, 1.165) is 35.5 Å². The van der Waals surface area contributed by atoms with Gasteiger partial charge < -0.3 is 4.57 Å². The summed E-state index contributed by atoms with van der Waals surface area (Å²) in [5.41, 5.74) is 17.9. The number of benzene rings is 8. The Balaban J connectivity index is 0.837. The Morgan fingerprint density at radius 1 is 0.281 bits per heavy atom. The van der Waals surface area contributed by atoms with Crippen molar-refractivity contribution in [3.8, 4) is 50.2 Å². The highest BCUT2D eigenvalue weighted by Gasteiger charge is 3.09. The molecular formula is C56H39N. The molecule has 6 aliphatic rings. The molecule has 6 fully saturated rings. The highest BCUT2D eigenvalue weighted by atomic mass is 15.1. The van der Waals surface area contributed by atoms with Crippen molar-refractivity contribution in [2.75, 3.05) is 0 Å². The van der Waals surface area contributed by atoms with Crippen molar-refractivity contribution in [3.05, 3.63) is 211 Å². The van der Waals surface area contributed by atoms with Gasteiger partial charge in [-0.15, -0.1) is 0 Å². The average Bonchev–Trinajstić information content (AvgIpc) is 3.63. The van der Waals surface area contributed by atoms with E-state index in [0.29, 0.717) is 10.8 Å². The molecule has 6 aliphatic carbocycles. The summed E-state index contributed by atoms with van der Waals surface area (Å²) in [6, 6.07) is 75.0. The third-order valence-electron chi connectivity index (χ3n) is 15.9. The molecule has 0 saturated heterocycles. The molecule has 0 aliphatic heterocycles. The Bertz CT molecular complexity index is 2990. The van der Waals surface area contributed by atoms with Gasteiger partial charge in [0.05, 0.1) is 11.0 Å². The van der Waals surface area contributed by atoms with Crippen LogP contribution in [0, 0.1) is 35.5 Å². The Morgan fingerprint density at radius 2 is 0.719 bits per heavy atom. The maximum absolute atomic E-state index is 2.50. The van der Waals surface area contributed by atoms with Crippen molar-refractivity contribution in [2.24, 2.45) is 35.5 Å². The van der Waals surface area contributed by atoms with Gasteiger partial charge in [-0.05, 0) is 134 Å². The van der Waals surface area contributed by atoms with Crippen LogP contribution in [0.4, 0.5) is 0 Å². The lowest BCUT2D eigenvalue weighted by Crippen LogP contribution is -3.12. The van der Waals surface area contributed by atoms with Crippen LogP contribution >= 0.6 is 0 Å². The van der Waals surface area contributed by atoms with Crippen LogP contribution in [0.3, 0.4) is 0 Å². The first kappa shape index (κ1) is 30.7. The summed E-state index contributed by atoms with van der Waals surface area (Å²) >= 11 is 0. The fourth-order valence-corrected chi connectivity index (χ4v) is 14.0. The van der Waals surface area contributed by atoms with Gasteiger partial charge in [-0.1, -0.05) is 158 Å². The van der Waals surface area contributed by atoms with Crippen molar-refractivity contribution in [1.82, 2.24) is 4.57 Å². The number of hydrogen-bond acceptors (Lipinski definition) is 0. The molecule has 57 heavy (non-hydrogen) atoms. The van der Waals surface area contributed by atoms with Gasteiger partial charge in [0.2, 0.25) is 0 Å². The van der Waals surface area contributed by atoms with Crippen LogP contribution in [-0.4, -0.2) is 4.57 Å². The topological polar surface area (TPSA) is 4.93 Å². The zero-order chi connectivity index (χ0) is 37.0. The summed E-state index contributed by atoms with van der Waals surface area (Å²) in [6.45, 7) is 0. The number of nitrogens with zero attached hydrogens (tertiary/aromatic N) is 1. The third kappa shape index (κ3) is 3.56. The first-order chi connectivity index (χ1) is 28.3. The molecule has 0 spiro atoms. The summed E-state index contributed by atoms with van der Waals surface area (Å²) in [5, 5.41) is 2.57. The second-order valence-electron chi connectivity index (χ2n) is 17.6. The average molecular weight is 726 g/mol. The monoisotopic (exact) mass is 725 g/mol. The van der Waals surface area contributed by atoms with Gasteiger partial charge >= 0.3 is 0 Å². The van der Waals surface area contributed by atoms with Crippen molar-refractivity contribution in [1.29, 1.82) is 0 Å². The van der Waals surface area contributed by atoms with Crippen LogP contribution in [0.1, 0.15) is 11.1 Å². The van der Waals surface area contributed by atoms with Gasteiger partial charge in [0, 0.05) is 27.3 Å². The molecule has 0 bridgehead atoms. The molecule has 0 N–H and O–H groups in total. The van der Waals surface area contributed by atoms with Crippen molar-refractivity contribution in [3.63, 3.8) is 0 Å². The molecule has 268 valence electrons. The van der Waals surface area contributed by atoms with E-state index in [1.165, 1.54) is 72.0 Å². The van der Waals surface area contributed by atoms with Gasteiger partial charge in [0.15, 0.2) is 0 Å². The van der Waals surface area contributed by atoms with Crippen LogP contribution in [0.25, 0.3) is 72.0 Å². The number of rotatable bonds is 7. The Labute approximate surface area is 332 Å². The van der Waals surface area contributed by atoms with E-state index in [4.69, 9.17) is 0 Å². The SMILES string of the molecule is c1ccc(-c2cc(-c3ccccc3)cc(-c3cccc(-n4c5ccccc5c5ccc(-c6ccc(C78C9C%10C7C7C8C9C%107c7ccccc7)cc6)cc54)c3)c2)cc1. The predicted octanol–water partition coefficient (Wildman–Crippen LogP) is 13.4. The first-order valence-electron chi connectivity index (χ1n) is 20.8. The fourth-order valence-electron chi connectivity index (χ4n) is 14.0. The lowest BCUT2D eigenvalue weighted by molar-refractivity contribution is -0.596. The number of fused-ring (bicyclic) bond motifs is 3. The molecule has 0 radical (unpaired) electrons. The Kier molecular flexibility index (Phi) is 5.76. The van der Waals surface area contributed by atoms with Gasteiger partial charge in [-0.2, -0.15) is 0 Å². The Hall–Kier alpha value is -6.44. The lowest BCUT2D eigenvalue weighted by atomic mass is 8.91. The molecule has 1 aromatic heterocycles. The van der Waals surface area contributed by atoms with Crippen molar-refractivity contribution < 1.29 is 0 Å². The molecule has 1 heteroatoms. The largest absolute Gasteiger partial charge is 0.309 e. The standard InChI is InChI=1S/C56H39N/c1-4-13-34(14-5-1)39-29-40(35-15-6-2-7-16-35)31-41(30-39)37-17-12-20-44(32-37)57-47-22-11-10-21-45(47)46-28-25-38(33-48(46)57)36-23-26-43(27-24-36)56-52-49-53(56)51-54(56)50(52)55(49,51)42-18-8-3-9-19-42/h1-33,49-54H. The van der Waals surface area contributed by atoms with Crippen LogP contribution in [-0.2, 0) is 10.8 Å². The first-order valence-corrected chi connectivity index (χ1v) is 20.8. The molecule has 8 aromatic carbocycles. The maximum atomic E-state index is 2.50. The van der Waals surface area contributed by atoms with Crippen LogP contribution in [0.5, 0.6) is 0 Å². The van der Waals surface area contributed by atoms with Crippen molar-refractivity contribution in [2.45, 2.75) is 10.8 Å². The minimum absolute atomic E-state index is 0.499. The van der Waals surface area contributed by atoms with Gasteiger partial charge in [-0.3, -0.25) is 0 Å². The van der Waals surface area contributed by atoms with Gasteiger partial charge in [-0.25, -0.2) is 0 Å². The normalized spacial score (nSPS) is 27.8. The minimum atomic E-state index is 0.499. The summed E-state index contributed by atoms with van der Waals surface area (Å²) in [6.07, 6.45) is 0. The molecule has 1 heterocycles. The van der Waals surface area contributed by atoms with E-state index in [1.807, 2.05) is 0 Å². The second-order valence-corrected chi connectivity index (χ2v) is 17.6. The highest BCUT2D eigenvalue weighted by Crippen LogP contribution is 3.09.